The second kappa shape index (κ2) is 6.41. The minimum Gasteiger partial charge on any atom is -0.477 e. The normalized spacial score (nSPS) is 20.5. The molecule has 1 aliphatic heterocycles. The molecule has 2 saturated carbocycles. The fourth-order valence-corrected chi connectivity index (χ4v) is 3.59. The van der Waals surface area contributed by atoms with Crippen LogP contribution >= 0.6 is 0 Å². The van der Waals surface area contributed by atoms with Gasteiger partial charge < -0.3 is 14.5 Å². The number of ether oxygens (including phenoxy) is 1. The van der Waals surface area contributed by atoms with Crippen LogP contribution in [0.1, 0.15) is 25.7 Å². The maximum atomic E-state index is 12.2. The zero-order chi connectivity index (χ0) is 17.5. The smallest absolute Gasteiger partial charge is 0.225 e. The highest BCUT2D eigenvalue weighted by atomic mass is 16.5. The maximum Gasteiger partial charge on any atom is 0.225 e. The number of hydrogen-bond acceptors (Lipinski definition) is 5. The number of aromatic nitrogens is 2. The quantitative estimate of drug-likeness (QED) is 0.827. The molecule has 0 unspecified atom stereocenters. The molecule has 1 amide bonds. The number of piperazine rings is 1. The van der Waals surface area contributed by atoms with E-state index in [0.717, 1.165) is 62.2 Å². The molecule has 0 spiro atoms. The summed E-state index contributed by atoms with van der Waals surface area (Å²) in [5, 5.41) is 0.974. The first-order valence-corrected chi connectivity index (χ1v) is 9.69. The van der Waals surface area contributed by atoms with Crippen LogP contribution in [-0.4, -0.2) is 53.6 Å². The van der Waals surface area contributed by atoms with Gasteiger partial charge in [-0.2, -0.15) is 0 Å². The SMILES string of the molecule is O=C(C1CC1)N1CCN(c2ccc3ncnc(OCC4CC4)c3c2)CC1. The van der Waals surface area contributed by atoms with Gasteiger partial charge in [0.15, 0.2) is 0 Å². The average molecular weight is 352 g/mol. The second-order valence-electron chi connectivity index (χ2n) is 7.72. The van der Waals surface area contributed by atoms with E-state index >= 15 is 0 Å². The van der Waals surface area contributed by atoms with Gasteiger partial charge in [-0.05, 0) is 49.8 Å². The number of rotatable bonds is 5. The Labute approximate surface area is 153 Å². The molecule has 6 nitrogen and oxygen atoms in total. The minimum absolute atomic E-state index is 0.311. The Kier molecular flexibility index (Phi) is 3.91. The summed E-state index contributed by atoms with van der Waals surface area (Å²) in [4.78, 5) is 25.3. The molecule has 3 fully saturated rings. The number of fused-ring (bicyclic) bond motifs is 1. The van der Waals surface area contributed by atoms with E-state index in [1.165, 1.54) is 12.8 Å². The molecule has 136 valence electrons. The van der Waals surface area contributed by atoms with Crippen LogP contribution in [0.2, 0.25) is 0 Å². The lowest BCUT2D eigenvalue weighted by Crippen LogP contribution is -2.49. The highest BCUT2D eigenvalue weighted by molar-refractivity contribution is 5.87. The number of carbonyl (C=O) groups is 1. The van der Waals surface area contributed by atoms with Gasteiger partial charge in [-0.15, -0.1) is 0 Å². The van der Waals surface area contributed by atoms with Crippen molar-refractivity contribution < 1.29 is 9.53 Å². The summed E-state index contributed by atoms with van der Waals surface area (Å²) in [5.74, 6) is 2.05. The van der Waals surface area contributed by atoms with Crippen LogP contribution < -0.4 is 9.64 Å². The zero-order valence-corrected chi connectivity index (χ0v) is 14.9. The molecule has 1 aromatic carbocycles. The zero-order valence-electron chi connectivity index (χ0n) is 14.9. The number of amides is 1. The van der Waals surface area contributed by atoms with Gasteiger partial charge in [0.05, 0.1) is 17.5 Å². The molecule has 5 rings (SSSR count). The summed E-state index contributed by atoms with van der Waals surface area (Å²) in [6, 6.07) is 6.28. The lowest BCUT2D eigenvalue weighted by molar-refractivity contribution is -0.132. The van der Waals surface area contributed by atoms with E-state index in [0.29, 0.717) is 23.6 Å². The van der Waals surface area contributed by atoms with Crippen LogP contribution in [0.5, 0.6) is 5.88 Å². The highest BCUT2D eigenvalue weighted by Crippen LogP contribution is 2.33. The average Bonchev–Trinajstić information content (AvgIpc) is 3.58. The molecule has 0 atom stereocenters. The molecule has 2 aromatic rings. The van der Waals surface area contributed by atoms with Crippen LogP contribution in [0, 0.1) is 11.8 Å². The molecule has 1 saturated heterocycles. The molecule has 0 bridgehead atoms. The maximum absolute atomic E-state index is 12.2. The molecule has 2 aliphatic carbocycles. The van der Waals surface area contributed by atoms with Crippen molar-refractivity contribution in [3.63, 3.8) is 0 Å². The Morgan fingerprint density at radius 3 is 2.62 bits per heavy atom. The van der Waals surface area contributed by atoms with E-state index in [1.807, 2.05) is 11.0 Å². The third kappa shape index (κ3) is 3.20. The Morgan fingerprint density at radius 1 is 1.08 bits per heavy atom. The summed E-state index contributed by atoms with van der Waals surface area (Å²) >= 11 is 0. The first-order valence-electron chi connectivity index (χ1n) is 9.69. The predicted octanol–water partition coefficient (Wildman–Crippen LogP) is 2.48. The van der Waals surface area contributed by atoms with Gasteiger partial charge in [0.2, 0.25) is 11.8 Å². The van der Waals surface area contributed by atoms with Crippen molar-refractivity contribution in [2.24, 2.45) is 11.8 Å². The molecular formula is C20H24N4O2. The first kappa shape index (κ1) is 15.9. The number of nitrogens with zero attached hydrogens (tertiary/aromatic N) is 4. The third-order valence-corrected chi connectivity index (χ3v) is 5.62. The van der Waals surface area contributed by atoms with E-state index in [1.54, 1.807) is 6.33 Å². The van der Waals surface area contributed by atoms with Gasteiger partial charge in [-0.1, -0.05) is 0 Å². The monoisotopic (exact) mass is 352 g/mol. The molecule has 0 radical (unpaired) electrons. The van der Waals surface area contributed by atoms with Crippen molar-refractivity contribution in [3.8, 4) is 5.88 Å². The Morgan fingerprint density at radius 2 is 1.88 bits per heavy atom. The molecule has 3 aliphatic rings. The third-order valence-electron chi connectivity index (χ3n) is 5.62. The molecule has 0 N–H and O–H groups in total. The van der Waals surface area contributed by atoms with Gasteiger partial charge in [0.25, 0.3) is 0 Å². The topological polar surface area (TPSA) is 58.6 Å². The van der Waals surface area contributed by atoms with Crippen molar-refractivity contribution in [2.45, 2.75) is 25.7 Å². The van der Waals surface area contributed by atoms with E-state index in [2.05, 4.69) is 27.0 Å². The van der Waals surface area contributed by atoms with Crippen LogP contribution in [0.4, 0.5) is 5.69 Å². The fourth-order valence-electron chi connectivity index (χ4n) is 3.59. The van der Waals surface area contributed by atoms with Crippen LogP contribution in [-0.2, 0) is 4.79 Å². The standard InChI is InChI=1S/C20H24N4O2/c25-20(15-3-4-15)24-9-7-23(8-10-24)16-5-6-18-17(11-16)19(22-13-21-18)26-12-14-1-2-14/h5-6,11,13-15H,1-4,7-10,12H2. The first-order chi connectivity index (χ1) is 12.8. The summed E-state index contributed by atoms with van der Waals surface area (Å²) in [5.41, 5.74) is 2.07. The van der Waals surface area contributed by atoms with Gasteiger partial charge in [0, 0.05) is 37.8 Å². The lowest BCUT2D eigenvalue weighted by Gasteiger charge is -2.36. The van der Waals surface area contributed by atoms with E-state index in [4.69, 9.17) is 4.74 Å². The number of benzene rings is 1. The number of carbonyl (C=O) groups excluding carboxylic acids is 1. The van der Waals surface area contributed by atoms with Crippen molar-refractivity contribution in [2.75, 3.05) is 37.7 Å². The highest BCUT2D eigenvalue weighted by Gasteiger charge is 2.34. The van der Waals surface area contributed by atoms with Gasteiger partial charge in [-0.25, -0.2) is 9.97 Å². The minimum atomic E-state index is 0.311. The Bertz CT molecular complexity index is 824. The summed E-state index contributed by atoms with van der Waals surface area (Å²) in [7, 11) is 0. The summed E-state index contributed by atoms with van der Waals surface area (Å²) in [6.45, 7) is 4.11. The van der Waals surface area contributed by atoms with Crippen molar-refractivity contribution in [1.82, 2.24) is 14.9 Å². The Hall–Kier alpha value is -2.37. The molecule has 2 heterocycles. The summed E-state index contributed by atoms with van der Waals surface area (Å²) < 4.78 is 5.94. The van der Waals surface area contributed by atoms with E-state index < -0.39 is 0 Å². The van der Waals surface area contributed by atoms with Gasteiger partial charge in [-0.3, -0.25) is 4.79 Å². The number of anilines is 1. The van der Waals surface area contributed by atoms with Gasteiger partial charge >= 0.3 is 0 Å². The molecule has 1 aromatic heterocycles. The number of hydrogen-bond donors (Lipinski definition) is 0. The van der Waals surface area contributed by atoms with Crippen molar-refractivity contribution in [1.29, 1.82) is 0 Å². The lowest BCUT2D eigenvalue weighted by atomic mass is 10.1. The molecule has 6 heteroatoms. The summed E-state index contributed by atoms with van der Waals surface area (Å²) in [6.07, 6.45) is 6.25. The second-order valence-corrected chi connectivity index (χ2v) is 7.72. The van der Waals surface area contributed by atoms with Crippen LogP contribution in [0.25, 0.3) is 10.9 Å². The van der Waals surface area contributed by atoms with Crippen LogP contribution in [0.15, 0.2) is 24.5 Å². The molecular weight excluding hydrogens is 328 g/mol. The molecule has 26 heavy (non-hydrogen) atoms. The fraction of sp³-hybridized carbons (Fsp3) is 0.550. The van der Waals surface area contributed by atoms with Crippen molar-refractivity contribution in [3.05, 3.63) is 24.5 Å². The van der Waals surface area contributed by atoms with Crippen molar-refractivity contribution >= 4 is 22.5 Å². The van der Waals surface area contributed by atoms with Gasteiger partial charge in [0.1, 0.15) is 6.33 Å². The van der Waals surface area contributed by atoms with E-state index in [-0.39, 0.29) is 0 Å². The Balaban J connectivity index is 1.32. The van der Waals surface area contributed by atoms with E-state index in [9.17, 15) is 4.79 Å². The van der Waals surface area contributed by atoms with Crippen LogP contribution in [0.3, 0.4) is 0 Å². The largest absolute Gasteiger partial charge is 0.477 e. The predicted molar refractivity (Wildman–Crippen MR) is 99.3 cm³/mol.